The summed E-state index contributed by atoms with van der Waals surface area (Å²) in [6.07, 6.45) is 2.25. The topological polar surface area (TPSA) is 66.4 Å². The fourth-order valence-corrected chi connectivity index (χ4v) is 3.07. The van der Waals surface area contributed by atoms with Gasteiger partial charge in [0.15, 0.2) is 11.6 Å². The molecule has 19 heavy (non-hydrogen) atoms. The summed E-state index contributed by atoms with van der Waals surface area (Å²) >= 11 is 0. The highest BCUT2D eigenvalue weighted by Gasteiger charge is 2.42. The molecule has 0 aromatic heterocycles. The molecule has 106 valence electrons. The minimum Gasteiger partial charge on any atom is -0.396 e. The van der Waals surface area contributed by atoms with Crippen LogP contribution in [-0.2, 0) is 10.0 Å². The minimum atomic E-state index is -3.85. The van der Waals surface area contributed by atoms with Crippen molar-refractivity contribution in [2.75, 3.05) is 13.2 Å². The fourth-order valence-electron chi connectivity index (χ4n) is 1.90. The van der Waals surface area contributed by atoms with E-state index >= 15 is 0 Å². The number of sulfonamides is 1. The first-order chi connectivity index (χ1) is 8.88. The molecular weight excluding hydrogens is 276 g/mol. The van der Waals surface area contributed by atoms with Gasteiger partial charge in [-0.25, -0.2) is 21.9 Å². The van der Waals surface area contributed by atoms with E-state index in [1.54, 1.807) is 0 Å². The summed E-state index contributed by atoms with van der Waals surface area (Å²) in [5, 5.41) is 8.89. The Morgan fingerprint density at radius 3 is 2.47 bits per heavy atom. The molecule has 1 fully saturated rings. The molecular formula is C12H15F2NO3S. The van der Waals surface area contributed by atoms with Crippen molar-refractivity contribution >= 4 is 10.0 Å². The molecule has 0 radical (unpaired) electrons. The van der Waals surface area contributed by atoms with Gasteiger partial charge in [0.05, 0.1) is 4.90 Å². The third-order valence-corrected chi connectivity index (χ3v) is 4.84. The lowest BCUT2D eigenvalue weighted by Crippen LogP contribution is -2.30. The standard InChI is InChI=1S/C12H15F2NO3S/c13-10-2-1-9(7-11(10)14)19(17,18)15-8-12(3-4-12)5-6-16/h1-2,7,15-16H,3-6,8H2. The lowest BCUT2D eigenvalue weighted by atomic mass is 10.0. The molecule has 0 spiro atoms. The van der Waals surface area contributed by atoms with Crippen LogP contribution in [0.2, 0.25) is 0 Å². The maximum atomic E-state index is 13.0. The summed E-state index contributed by atoms with van der Waals surface area (Å²) in [5.41, 5.74) is -0.180. The van der Waals surface area contributed by atoms with Crippen LogP contribution in [0.3, 0.4) is 0 Å². The van der Waals surface area contributed by atoms with E-state index in [0.717, 1.165) is 25.0 Å². The zero-order valence-corrected chi connectivity index (χ0v) is 11.0. The minimum absolute atomic E-state index is 0.00685. The molecule has 0 unspecified atom stereocenters. The smallest absolute Gasteiger partial charge is 0.240 e. The number of nitrogens with one attached hydrogen (secondary N) is 1. The van der Waals surface area contributed by atoms with Crippen LogP contribution in [0.5, 0.6) is 0 Å². The van der Waals surface area contributed by atoms with Gasteiger partial charge in [-0.3, -0.25) is 0 Å². The monoisotopic (exact) mass is 291 g/mol. The highest BCUT2D eigenvalue weighted by Crippen LogP contribution is 2.48. The molecule has 2 N–H and O–H groups in total. The van der Waals surface area contributed by atoms with E-state index < -0.39 is 21.7 Å². The van der Waals surface area contributed by atoms with Gasteiger partial charge < -0.3 is 5.11 Å². The Morgan fingerprint density at radius 1 is 1.26 bits per heavy atom. The second kappa shape index (κ2) is 5.15. The normalized spacial score (nSPS) is 17.4. The van der Waals surface area contributed by atoms with Crippen LogP contribution in [0.25, 0.3) is 0 Å². The van der Waals surface area contributed by atoms with E-state index in [1.807, 2.05) is 0 Å². The Bertz CT molecular complexity index is 570. The number of benzene rings is 1. The van der Waals surface area contributed by atoms with Crippen molar-refractivity contribution in [2.24, 2.45) is 5.41 Å². The molecule has 1 aliphatic carbocycles. The molecule has 0 aliphatic heterocycles. The van der Waals surface area contributed by atoms with Gasteiger partial charge in [0.25, 0.3) is 0 Å². The average Bonchev–Trinajstić information content (AvgIpc) is 3.11. The molecule has 0 bridgehead atoms. The Hall–Kier alpha value is -1.05. The first kappa shape index (κ1) is 14.4. The van der Waals surface area contributed by atoms with Crippen LogP contribution in [0, 0.1) is 17.0 Å². The summed E-state index contributed by atoms with van der Waals surface area (Å²) in [6, 6.07) is 2.46. The van der Waals surface area contributed by atoms with Crippen molar-refractivity contribution in [2.45, 2.75) is 24.2 Å². The Labute approximate surface area is 110 Å². The zero-order valence-electron chi connectivity index (χ0n) is 10.2. The van der Waals surface area contributed by atoms with Gasteiger partial charge >= 0.3 is 0 Å². The van der Waals surface area contributed by atoms with Gasteiger partial charge in [0, 0.05) is 13.2 Å². The number of rotatable bonds is 6. The molecule has 7 heteroatoms. The highest BCUT2D eigenvalue weighted by atomic mass is 32.2. The molecule has 0 heterocycles. The third-order valence-electron chi connectivity index (χ3n) is 3.44. The van der Waals surface area contributed by atoms with Crippen molar-refractivity contribution in [3.63, 3.8) is 0 Å². The van der Waals surface area contributed by atoms with Gasteiger partial charge in [0.2, 0.25) is 10.0 Å². The van der Waals surface area contributed by atoms with E-state index in [4.69, 9.17) is 5.11 Å². The molecule has 0 saturated heterocycles. The molecule has 2 rings (SSSR count). The molecule has 4 nitrogen and oxygen atoms in total. The van der Waals surface area contributed by atoms with E-state index in [2.05, 4.69) is 4.72 Å². The van der Waals surface area contributed by atoms with Crippen molar-refractivity contribution in [1.29, 1.82) is 0 Å². The van der Waals surface area contributed by atoms with Gasteiger partial charge in [-0.15, -0.1) is 0 Å². The van der Waals surface area contributed by atoms with E-state index in [1.165, 1.54) is 0 Å². The van der Waals surface area contributed by atoms with E-state index in [0.29, 0.717) is 12.5 Å². The summed E-state index contributed by atoms with van der Waals surface area (Å²) < 4.78 is 52.0. The molecule has 0 amide bonds. The summed E-state index contributed by atoms with van der Waals surface area (Å²) in [7, 11) is -3.85. The van der Waals surface area contributed by atoms with Gasteiger partial charge in [-0.2, -0.15) is 0 Å². The Kier molecular flexibility index (Phi) is 3.89. The number of halogens is 2. The number of hydrogen-bond donors (Lipinski definition) is 2. The lowest BCUT2D eigenvalue weighted by Gasteiger charge is -2.14. The van der Waals surface area contributed by atoms with Crippen LogP contribution in [0.4, 0.5) is 8.78 Å². The van der Waals surface area contributed by atoms with Crippen LogP contribution in [0.15, 0.2) is 23.1 Å². The number of aliphatic hydroxyl groups excluding tert-OH is 1. The largest absolute Gasteiger partial charge is 0.396 e. The second-order valence-corrected chi connectivity index (χ2v) is 6.64. The molecule has 1 aromatic rings. The maximum absolute atomic E-state index is 13.0. The number of hydrogen-bond acceptors (Lipinski definition) is 3. The van der Waals surface area contributed by atoms with Crippen molar-refractivity contribution in [3.8, 4) is 0 Å². The molecule has 1 aliphatic rings. The molecule has 1 aromatic carbocycles. The first-order valence-corrected chi connectivity index (χ1v) is 7.42. The van der Waals surface area contributed by atoms with Crippen LogP contribution < -0.4 is 4.72 Å². The zero-order chi connectivity index (χ0) is 14.1. The van der Waals surface area contributed by atoms with Crippen LogP contribution >= 0.6 is 0 Å². The second-order valence-electron chi connectivity index (χ2n) is 4.87. The van der Waals surface area contributed by atoms with Crippen molar-refractivity contribution < 1.29 is 22.3 Å². The number of aliphatic hydroxyl groups is 1. The average molecular weight is 291 g/mol. The summed E-state index contributed by atoms with van der Waals surface area (Å²) in [4.78, 5) is -0.300. The summed E-state index contributed by atoms with van der Waals surface area (Å²) in [5.74, 6) is -2.28. The SMILES string of the molecule is O=S(=O)(NCC1(CCO)CC1)c1ccc(F)c(F)c1. The summed E-state index contributed by atoms with van der Waals surface area (Å²) in [6.45, 7) is 0.210. The first-order valence-electron chi connectivity index (χ1n) is 5.94. The van der Waals surface area contributed by atoms with Crippen LogP contribution in [0.1, 0.15) is 19.3 Å². The van der Waals surface area contributed by atoms with Crippen molar-refractivity contribution in [1.82, 2.24) is 4.72 Å². The van der Waals surface area contributed by atoms with E-state index in [9.17, 15) is 17.2 Å². The maximum Gasteiger partial charge on any atom is 0.240 e. The Morgan fingerprint density at radius 2 is 1.95 bits per heavy atom. The van der Waals surface area contributed by atoms with Crippen molar-refractivity contribution in [3.05, 3.63) is 29.8 Å². The Balaban J connectivity index is 2.08. The quantitative estimate of drug-likeness (QED) is 0.832. The fraction of sp³-hybridized carbons (Fsp3) is 0.500. The van der Waals surface area contributed by atoms with Gasteiger partial charge in [-0.05, 0) is 42.9 Å². The van der Waals surface area contributed by atoms with Gasteiger partial charge in [0.1, 0.15) is 0 Å². The lowest BCUT2D eigenvalue weighted by molar-refractivity contribution is 0.249. The highest BCUT2D eigenvalue weighted by molar-refractivity contribution is 7.89. The predicted octanol–water partition coefficient (Wildman–Crippen LogP) is 1.41. The molecule has 1 saturated carbocycles. The van der Waals surface area contributed by atoms with Gasteiger partial charge in [-0.1, -0.05) is 0 Å². The third kappa shape index (κ3) is 3.29. The molecule has 0 atom stereocenters. The van der Waals surface area contributed by atoms with E-state index in [-0.39, 0.29) is 23.5 Å². The predicted molar refractivity (Wildman–Crippen MR) is 64.9 cm³/mol. The van der Waals surface area contributed by atoms with Crippen LogP contribution in [-0.4, -0.2) is 26.7 Å².